The van der Waals surface area contributed by atoms with Gasteiger partial charge in [-0.3, -0.25) is 0 Å². The summed E-state index contributed by atoms with van der Waals surface area (Å²) in [5.41, 5.74) is 0. The Morgan fingerprint density at radius 2 is 2.38 bits per heavy atom. The highest BCUT2D eigenvalue weighted by atomic mass is 16.7. The molecule has 1 aliphatic heterocycles. The van der Waals surface area contributed by atoms with Crippen LogP contribution in [0.2, 0.25) is 0 Å². The number of ether oxygens (including phenoxy) is 1. The Morgan fingerprint density at radius 3 is 2.88 bits per heavy atom. The first kappa shape index (κ1) is 4.77. The maximum atomic E-state index is 9.23. The predicted molar refractivity (Wildman–Crippen MR) is 28.3 cm³/mol. The van der Waals surface area contributed by atoms with E-state index in [0.29, 0.717) is 0 Å². The van der Waals surface area contributed by atoms with Crippen molar-refractivity contribution in [1.82, 2.24) is 0 Å². The molecule has 1 heterocycles. The molecule has 46 valence electrons. The van der Waals surface area contributed by atoms with Crippen LogP contribution in [0.15, 0.2) is 0 Å². The second kappa shape index (κ2) is 1.25. The molecule has 0 aromatic carbocycles. The molecule has 0 unspecified atom stereocenters. The standard InChI is InChI=1S/C6H10O2/c7-6-4-2-1-3-5(6)8-6/h5,7H,1-4H2/t5-,6-/m1/s1. The van der Waals surface area contributed by atoms with Gasteiger partial charge in [-0.1, -0.05) is 6.42 Å². The molecular weight excluding hydrogens is 104 g/mol. The normalized spacial score (nSPS) is 52.9. The molecule has 2 rings (SSSR count). The summed E-state index contributed by atoms with van der Waals surface area (Å²) in [5, 5.41) is 9.23. The van der Waals surface area contributed by atoms with Crippen LogP contribution in [0.25, 0.3) is 0 Å². The largest absolute Gasteiger partial charge is 0.363 e. The van der Waals surface area contributed by atoms with Crippen LogP contribution in [0.3, 0.4) is 0 Å². The SMILES string of the molecule is O[C@@]12CCCC[C@H]1O2. The molecule has 2 heteroatoms. The Balaban J connectivity index is 2.04. The minimum absolute atomic E-state index is 0.205. The monoisotopic (exact) mass is 114 g/mol. The van der Waals surface area contributed by atoms with E-state index in [4.69, 9.17) is 4.74 Å². The Kier molecular flexibility index (Phi) is 0.746. The molecule has 0 aromatic rings. The van der Waals surface area contributed by atoms with Gasteiger partial charge in [-0.15, -0.1) is 0 Å². The number of epoxide rings is 1. The number of fused-ring (bicyclic) bond motifs is 1. The lowest BCUT2D eigenvalue weighted by Crippen LogP contribution is -2.17. The van der Waals surface area contributed by atoms with E-state index in [0.717, 1.165) is 19.3 Å². The van der Waals surface area contributed by atoms with Crippen LogP contribution >= 0.6 is 0 Å². The fraction of sp³-hybridized carbons (Fsp3) is 1.00. The second-order valence-corrected chi connectivity index (χ2v) is 2.70. The van der Waals surface area contributed by atoms with E-state index >= 15 is 0 Å². The molecule has 1 N–H and O–H groups in total. The highest BCUT2D eigenvalue weighted by Gasteiger charge is 2.55. The third kappa shape index (κ3) is 0.501. The first-order valence-electron chi connectivity index (χ1n) is 3.21. The van der Waals surface area contributed by atoms with Crippen LogP contribution in [-0.4, -0.2) is 17.0 Å². The molecule has 0 radical (unpaired) electrons. The summed E-state index contributed by atoms with van der Waals surface area (Å²) in [4.78, 5) is 0. The fourth-order valence-corrected chi connectivity index (χ4v) is 1.42. The second-order valence-electron chi connectivity index (χ2n) is 2.70. The van der Waals surface area contributed by atoms with Crippen LogP contribution in [0, 0.1) is 0 Å². The highest BCUT2D eigenvalue weighted by Crippen LogP contribution is 2.45. The zero-order chi connectivity index (χ0) is 5.61. The van der Waals surface area contributed by atoms with E-state index in [2.05, 4.69) is 0 Å². The first-order valence-corrected chi connectivity index (χ1v) is 3.21. The zero-order valence-electron chi connectivity index (χ0n) is 4.76. The molecule has 1 saturated carbocycles. The fourth-order valence-electron chi connectivity index (χ4n) is 1.42. The van der Waals surface area contributed by atoms with Gasteiger partial charge in [0.1, 0.15) is 6.10 Å². The van der Waals surface area contributed by atoms with Crippen LogP contribution in [0.5, 0.6) is 0 Å². The molecule has 2 nitrogen and oxygen atoms in total. The van der Waals surface area contributed by atoms with E-state index in [1.54, 1.807) is 0 Å². The number of hydrogen-bond acceptors (Lipinski definition) is 2. The van der Waals surface area contributed by atoms with Gasteiger partial charge < -0.3 is 9.84 Å². The van der Waals surface area contributed by atoms with Gasteiger partial charge in [0.2, 0.25) is 0 Å². The van der Waals surface area contributed by atoms with Crippen molar-refractivity contribution in [3.05, 3.63) is 0 Å². The van der Waals surface area contributed by atoms with Gasteiger partial charge in [-0.05, 0) is 12.8 Å². The van der Waals surface area contributed by atoms with Gasteiger partial charge in [0, 0.05) is 6.42 Å². The minimum Gasteiger partial charge on any atom is -0.363 e. The first-order chi connectivity index (χ1) is 3.81. The molecule has 2 fully saturated rings. The van der Waals surface area contributed by atoms with Crippen molar-refractivity contribution < 1.29 is 9.84 Å². The van der Waals surface area contributed by atoms with E-state index in [9.17, 15) is 5.11 Å². The molecule has 0 aromatic heterocycles. The van der Waals surface area contributed by atoms with E-state index in [-0.39, 0.29) is 6.10 Å². The molecule has 2 atom stereocenters. The Bertz CT molecular complexity index is 111. The van der Waals surface area contributed by atoms with Crippen molar-refractivity contribution in [3.8, 4) is 0 Å². The Labute approximate surface area is 48.5 Å². The van der Waals surface area contributed by atoms with Gasteiger partial charge in [0.05, 0.1) is 0 Å². The highest BCUT2D eigenvalue weighted by molar-refractivity contribution is 4.95. The average molecular weight is 114 g/mol. The number of rotatable bonds is 0. The topological polar surface area (TPSA) is 32.8 Å². The lowest BCUT2D eigenvalue weighted by molar-refractivity contribution is 0.0251. The maximum absolute atomic E-state index is 9.23. The van der Waals surface area contributed by atoms with Crippen LogP contribution in [0.4, 0.5) is 0 Å². The Morgan fingerprint density at radius 1 is 1.50 bits per heavy atom. The smallest absolute Gasteiger partial charge is 0.192 e. The van der Waals surface area contributed by atoms with Crippen molar-refractivity contribution in [2.75, 3.05) is 0 Å². The molecule has 1 saturated heterocycles. The molecular formula is C6H10O2. The lowest BCUT2D eigenvalue weighted by atomic mass is 9.98. The number of aliphatic hydroxyl groups is 1. The van der Waals surface area contributed by atoms with E-state index in [1.807, 2.05) is 0 Å². The summed E-state index contributed by atoms with van der Waals surface area (Å²) in [7, 11) is 0. The van der Waals surface area contributed by atoms with Gasteiger partial charge in [0.15, 0.2) is 5.79 Å². The summed E-state index contributed by atoms with van der Waals surface area (Å²) in [5.74, 6) is -0.655. The van der Waals surface area contributed by atoms with Crippen LogP contribution in [0.1, 0.15) is 25.7 Å². The molecule has 0 amide bonds. The van der Waals surface area contributed by atoms with E-state index in [1.165, 1.54) is 6.42 Å². The van der Waals surface area contributed by atoms with Crippen LogP contribution in [-0.2, 0) is 4.74 Å². The zero-order valence-corrected chi connectivity index (χ0v) is 4.76. The molecule has 8 heavy (non-hydrogen) atoms. The number of hydrogen-bond donors (Lipinski definition) is 1. The van der Waals surface area contributed by atoms with Crippen LogP contribution < -0.4 is 0 Å². The van der Waals surface area contributed by atoms with Gasteiger partial charge in [-0.2, -0.15) is 0 Å². The van der Waals surface area contributed by atoms with Gasteiger partial charge in [-0.25, -0.2) is 0 Å². The molecule has 1 aliphatic carbocycles. The molecule has 0 spiro atoms. The van der Waals surface area contributed by atoms with Crippen molar-refractivity contribution in [3.63, 3.8) is 0 Å². The van der Waals surface area contributed by atoms with Gasteiger partial charge >= 0.3 is 0 Å². The third-order valence-corrected chi connectivity index (χ3v) is 2.04. The van der Waals surface area contributed by atoms with E-state index < -0.39 is 5.79 Å². The molecule has 2 aliphatic rings. The summed E-state index contributed by atoms with van der Waals surface area (Å²) < 4.78 is 5.02. The van der Waals surface area contributed by atoms with Crippen molar-refractivity contribution in [2.24, 2.45) is 0 Å². The summed E-state index contributed by atoms with van der Waals surface area (Å²) in [6.45, 7) is 0. The minimum atomic E-state index is -0.655. The van der Waals surface area contributed by atoms with Crippen molar-refractivity contribution >= 4 is 0 Å². The van der Waals surface area contributed by atoms with Gasteiger partial charge in [0.25, 0.3) is 0 Å². The molecule has 0 bridgehead atoms. The predicted octanol–water partition coefficient (Wildman–Crippen LogP) is 0.648. The third-order valence-electron chi connectivity index (χ3n) is 2.04. The lowest BCUT2D eigenvalue weighted by Gasteiger charge is -2.08. The quantitative estimate of drug-likeness (QED) is 0.469. The van der Waals surface area contributed by atoms with Crippen molar-refractivity contribution in [1.29, 1.82) is 0 Å². The maximum Gasteiger partial charge on any atom is 0.192 e. The average Bonchev–Trinajstić information content (AvgIpc) is 2.39. The Hall–Kier alpha value is -0.0800. The summed E-state index contributed by atoms with van der Waals surface area (Å²) >= 11 is 0. The summed E-state index contributed by atoms with van der Waals surface area (Å²) in [6, 6.07) is 0. The van der Waals surface area contributed by atoms with Crippen molar-refractivity contribution in [2.45, 2.75) is 37.6 Å². The summed E-state index contributed by atoms with van der Waals surface area (Å²) in [6.07, 6.45) is 4.49.